The first-order chi connectivity index (χ1) is 11.7. The smallest absolute Gasteiger partial charge is 0.227 e. The maximum atomic E-state index is 12.7. The van der Waals surface area contributed by atoms with Gasteiger partial charge in [0.1, 0.15) is 11.5 Å². The normalized spacial score (nSPS) is 16.9. The van der Waals surface area contributed by atoms with Crippen LogP contribution in [-0.4, -0.2) is 31.6 Å². The molecule has 2 aromatic rings. The van der Waals surface area contributed by atoms with Gasteiger partial charge in [0, 0.05) is 6.54 Å². The fraction of sp³-hybridized carbons (Fsp3) is 0.350. The topological polar surface area (TPSA) is 38.8 Å². The summed E-state index contributed by atoms with van der Waals surface area (Å²) in [4.78, 5) is 14.8. The molecule has 0 spiro atoms. The molecule has 1 aliphatic heterocycles. The van der Waals surface area contributed by atoms with Crippen LogP contribution in [-0.2, 0) is 11.2 Å². The quantitative estimate of drug-likeness (QED) is 0.843. The Morgan fingerprint density at radius 1 is 1.00 bits per heavy atom. The molecule has 24 heavy (non-hydrogen) atoms. The van der Waals surface area contributed by atoms with E-state index in [1.54, 1.807) is 14.2 Å². The molecular formula is C20H23NO3. The summed E-state index contributed by atoms with van der Waals surface area (Å²) in [5.74, 6) is 1.83. The lowest BCUT2D eigenvalue weighted by atomic mass is 10.0. The van der Waals surface area contributed by atoms with Crippen molar-refractivity contribution in [3.8, 4) is 11.5 Å². The number of benzene rings is 2. The van der Waals surface area contributed by atoms with Crippen LogP contribution in [0.4, 0.5) is 0 Å². The molecule has 0 N–H and O–H groups in total. The Balaban J connectivity index is 1.70. The zero-order valence-electron chi connectivity index (χ0n) is 14.2. The van der Waals surface area contributed by atoms with E-state index in [2.05, 4.69) is 12.1 Å². The van der Waals surface area contributed by atoms with Gasteiger partial charge in [-0.3, -0.25) is 4.79 Å². The average Bonchev–Trinajstić information content (AvgIpc) is 3.12. The van der Waals surface area contributed by atoms with Gasteiger partial charge in [0.05, 0.1) is 26.7 Å². The minimum atomic E-state index is 0.168. The van der Waals surface area contributed by atoms with Crippen LogP contribution < -0.4 is 9.47 Å². The molecule has 1 fully saturated rings. The van der Waals surface area contributed by atoms with E-state index in [-0.39, 0.29) is 11.9 Å². The number of amides is 1. The first kappa shape index (κ1) is 16.4. The van der Waals surface area contributed by atoms with Crippen molar-refractivity contribution in [2.45, 2.75) is 25.3 Å². The Kier molecular flexibility index (Phi) is 5.04. The third-order valence-corrected chi connectivity index (χ3v) is 4.59. The Labute approximate surface area is 143 Å². The number of likely N-dealkylation sites (tertiary alicyclic amines) is 1. The third-order valence-electron chi connectivity index (χ3n) is 4.59. The molecule has 1 saturated heterocycles. The van der Waals surface area contributed by atoms with Gasteiger partial charge in [0.15, 0.2) is 0 Å². The second-order valence-corrected chi connectivity index (χ2v) is 6.04. The Bertz CT molecular complexity index is 679. The Morgan fingerprint density at radius 2 is 1.58 bits per heavy atom. The number of methoxy groups -OCH3 is 2. The lowest BCUT2D eigenvalue weighted by Gasteiger charge is -2.25. The van der Waals surface area contributed by atoms with Gasteiger partial charge < -0.3 is 14.4 Å². The molecule has 0 aliphatic carbocycles. The number of hydrogen-bond acceptors (Lipinski definition) is 3. The van der Waals surface area contributed by atoms with Crippen LogP contribution in [0.1, 0.15) is 30.0 Å². The zero-order chi connectivity index (χ0) is 16.9. The average molecular weight is 325 g/mol. The van der Waals surface area contributed by atoms with Gasteiger partial charge in [-0.2, -0.15) is 0 Å². The van der Waals surface area contributed by atoms with Crippen molar-refractivity contribution in [3.63, 3.8) is 0 Å². The lowest BCUT2D eigenvalue weighted by molar-refractivity contribution is -0.131. The van der Waals surface area contributed by atoms with Gasteiger partial charge in [-0.25, -0.2) is 0 Å². The summed E-state index contributed by atoms with van der Waals surface area (Å²) in [5.41, 5.74) is 2.19. The number of nitrogens with zero attached hydrogens (tertiary/aromatic N) is 1. The van der Waals surface area contributed by atoms with Crippen molar-refractivity contribution in [2.24, 2.45) is 0 Å². The van der Waals surface area contributed by atoms with Crippen LogP contribution in [0.3, 0.4) is 0 Å². The van der Waals surface area contributed by atoms with E-state index in [1.807, 2.05) is 41.3 Å². The Hall–Kier alpha value is -2.49. The van der Waals surface area contributed by atoms with E-state index < -0.39 is 0 Å². The molecule has 2 aromatic carbocycles. The number of hydrogen-bond donors (Lipinski definition) is 0. The van der Waals surface area contributed by atoms with Crippen LogP contribution in [0.15, 0.2) is 48.5 Å². The molecule has 1 amide bonds. The standard InChI is InChI=1S/C20H23NO3/c1-23-17-9-5-15(6-10-17)14-20(22)21-13-3-4-19(21)16-7-11-18(24-2)12-8-16/h5-12,19H,3-4,13-14H2,1-2H3. The molecule has 1 heterocycles. The van der Waals surface area contributed by atoms with E-state index in [9.17, 15) is 4.79 Å². The molecule has 3 rings (SSSR count). The second-order valence-electron chi connectivity index (χ2n) is 6.04. The molecule has 0 saturated carbocycles. The summed E-state index contributed by atoms with van der Waals surface area (Å²) in [7, 11) is 3.30. The van der Waals surface area contributed by atoms with Gasteiger partial charge in [0.25, 0.3) is 0 Å². The van der Waals surface area contributed by atoms with Crippen molar-refractivity contribution in [1.82, 2.24) is 4.90 Å². The first-order valence-electron chi connectivity index (χ1n) is 8.27. The number of carbonyl (C=O) groups excluding carboxylic acids is 1. The van der Waals surface area contributed by atoms with E-state index >= 15 is 0 Å². The highest BCUT2D eigenvalue weighted by Gasteiger charge is 2.29. The van der Waals surface area contributed by atoms with Gasteiger partial charge >= 0.3 is 0 Å². The highest BCUT2D eigenvalue weighted by Crippen LogP contribution is 2.33. The maximum absolute atomic E-state index is 12.7. The van der Waals surface area contributed by atoms with E-state index in [0.717, 1.165) is 36.4 Å². The predicted octanol–water partition coefficient (Wildman–Crippen LogP) is 3.61. The lowest BCUT2D eigenvalue weighted by Crippen LogP contribution is -2.31. The van der Waals surface area contributed by atoms with Gasteiger partial charge in [0.2, 0.25) is 5.91 Å². The minimum Gasteiger partial charge on any atom is -0.497 e. The molecular weight excluding hydrogens is 302 g/mol. The number of carbonyl (C=O) groups is 1. The molecule has 0 bridgehead atoms. The van der Waals surface area contributed by atoms with Gasteiger partial charge in [-0.1, -0.05) is 24.3 Å². The zero-order valence-corrected chi connectivity index (χ0v) is 14.2. The number of ether oxygens (including phenoxy) is 2. The van der Waals surface area contributed by atoms with Crippen LogP contribution in [0.25, 0.3) is 0 Å². The summed E-state index contributed by atoms with van der Waals surface area (Å²) in [6.07, 6.45) is 2.49. The SMILES string of the molecule is COc1ccc(CC(=O)N2CCCC2c2ccc(OC)cc2)cc1. The van der Waals surface area contributed by atoms with Crippen LogP contribution in [0.5, 0.6) is 11.5 Å². The summed E-state index contributed by atoms with van der Waals surface area (Å²) < 4.78 is 10.4. The first-order valence-corrected chi connectivity index (χ1v) is 8.27. The molecule has 0 aromatic heterocycles. The van der Waals surface area contributed by atoms with Crippen molar-refractivity contribution in [2.75, 3.05) is 20.8 Å². The maximum Gasteiger partial charge on any atom is 0.227 e. The van der Waals surface area contributed by atoms with Gasteiger partial charge in [-0.15, -0.1) is 0 Å². The highest BCUT2D eigenvalue weighted by molar-refractivity contribution is 5.79. The third kappa shape index (κ3) is 3.53. The molecule has 126 valence electrons. The highest BCUT2D eigenvalue weighted by atomic mass is 16.5. The van der Waals surface area contributed by atoms with Crippen molar-refractivity contribution in [3.05, 3.63) is 59.7 Å². The van der Waals surface area contributed by atoms with E-state index in [4.69, 9.17) is 9.47 Å². The molecule has 4 heteroatoms. The fourth-order valence-corrected chi connectivity index (χ4v) is 3.26. The summed E-state index contributed by atoms with van der Waals surface area (Å²) in [6, 6.07) is 15.9. The van der Waals surface area contributed by atoms with E-state index in [0.29, 0.717) is 6.42 Å². The van der Waals surface area contributed by atoms with Crippen molar-refractivity contribution in [1.29, 1.82) is 0 Å². The van der Waals surface area contributed by atoms with Crippen molar-refractivity contribution < 1.29 is 14.3 Å². The molecule has 1 unspecified atom stereocenters. The molecule has 0 radical (unpaired) electrons. The molecule has 4 nitrogen and oxygen atoms in total. The largest absolute Gasteiger partial charge is 0.497 e. The van der Waals surface area contributed by atoms with Gasteiger partial charge in [-0.05, 0) is 48.2 Å². The minimum absolute atomic E-state index is 0.168. The fourth-order valence-electron chi connectivity index (χ4n) is 3.26. The summed E-state index contributed by atoms with van der Waals surface area (Å²) in [6.45, 7) is 0.825. The number of rotatable bonds is 5. The van der Waals surface area contributed by atoms with Crippen molar-refractivity contribution >= 4 is 5.91 Å². The second kappa shape index (κ2) is 7.39. The van der Waals surface area contributed by atoms with Crippen LogP contribution >= 0.6 is 0 Å². The monoisotopic (exact) mass is 325 g/mol. The van der Waals surface area contributed by atoms with E-state index in [1.165, 1.54) is 5.56 Å². The predicted molar refractivity (Wildman–Crippen MR) is 93.4 cm³/mol. The molecule has 1 atom stereocenters. The summed E-state index contributed by atoms with van der Waals surface area (Å²) >= 11 is 0. The van der Waals surface area contributed by atoms with Crippen LogP contribution in [0, 0.1) is 0 Å². The van der Waals surface area contributed by atoms with Crippen LogP contribution in [0.2, 0.25) is 0 Å². The Morgan fingerprint density at radius 3 is 2.17 bits per heavy atom. The molecule has 1 aliphatic rings. The summed E-state index contributed by atoms with van der Waals surface area (Å²) in [5, 5.41) is 0.